The number of nitrogens with zero attached hydrogens (tertiary/aromatic N) is 3. The molecule has 0 amide bonds. The fraction of sp³-hybridized carbons (Fsp3) is 0.500. The van der Waals surface area contributed by atoms with Gasteiger partial charge < -0.3 is 5.32 Å². The van der Waals surface area contributed by atoms with E-state index in [4.69, 9.17) is 0 Å². The van der Waals surface area contributed by atoms with Crippen molar-refractivity contribution in [1.29, 1.82) is 0 Å². The predicted molar refractivity (Wildman–Crippen MR) is 62.5 cm³/mol. The highest BCUT2D eigenvalue weighted by Gasteiger charge is 2.06. The van der Waals surface area contributed by atoms with Gasteiger partial charge in [-0.3, -0.25) is 0 Å². The number of aryl methyl sites for hydroxylation is 2. The Labute approximate surface area is 97.9 Å². The van der Waals surface area contributed by atoms with E-state index in [0.29, 0.717) is 6.54 Å². The monoisotopic (exact) mass is 238 g/mol. The van der Waals surface area contributed by atoms with Gasteiger partial charge >= 0.3 is 0 Å². The minimum atomic E-state index is 0.606. The van der Waals surface area contributed by atoms with Crippen LogP contribution in [-0.4, -0.2) is 15.3 Å². The van der Waals surface area contributed by atoms with E-state index >= 15 is 0 Å². The summed E-state index contributed by atoms with van der Waals surface area (Å²) in [6, 6.07) is 0. The number of hydrogen-bond acceptors (Lipinski definition) is 6. The minimum absolute atomic E-state index is 0.606. The fourth-order valence-corrected chi connectivity index (χ4v) is 2.07. The van der Waals surface area contributed by atoms with Crippen LogP contribution < -0.4 is 5.32 Å². The van der Waals surface area contributed by atoms with Crippen molar-refractivity contribution in [1.82, 2.24) is 15.3 Å². The lowest BCUT2D eigenvalue weighted by atomic mass is 10.3. The Morgan fingerprint density at radius 3 is 3.00 bits per heavy atom. The molecule has 1 N–H and O–H groups in total. The lowest BCUT2D eigenvalue weighted by Gasteiger charge is -1.98. The summed E-state index contributed by atoms with van der Waals surface area (Å²) in [4.78, 5) is 4.46. The van der Waals surface area contributed by atoms with Crippen LogP contribution in [0.25, 0.3) is 0 Å². The normalized spacial score (nSPS) is 10.6. The van der Waals surface area contributed by atoms with Crippen LogP contribution in [0, 0.1) is 6.92 Å². The number of anilines is 1. The summed E-state index contributed by atoms with van der Waals surface area (Å²) in [6.45, 7) is 4.63. The van der Waals surface area contributed by atoms with Crippen LogP contribution in [0.1, 0.15) is 30.4 Å². The smallest absolute Gasteiger partial charge is 0.183 e. The minimum Gasteiger partial charge on any atom is -0.356 e. The molecule has 0 aliphatic heterocycles. The van der Waals surface area contributed by atoms with E-state index in [2.05, 4.69) is 37.5 Å². The van der Waals surface area contributed by atoms with Gasteiger partial charge in [-0.2, -0.15) is 0 Å². The van der Waals surface area contributed by atoms with E-state index < -0.39 is 0 Å². The molecular formula is C10H14N4OS. The Morgan fingerprint density at radius 1 is 1.44 bits per heavy atom. The molecule has 2 heterocycles. The molecule has 0 spiro atoms. The maximum absolute atomic E-state index is 4.62. The average Bonchev–Trinajstić information content (AvgIpc) is 2.86. The van der Waals surface area contributed by atoms with Crippen molar-refractivity contribution in [3.8, 4) is 0 Å². The molecule has 2 aromatic heterocycles. The van der Waals surface area contributed by atoms with Crippen LogP contribution in [0.4, 0.5) is 5.13 Å². The third-order valence-electron chi connectivity index (χ3n) is 2.21. The van der Waals surface area contributed by atoms with Crippen LogP contribution in [0.2, 0.25) is 0 Å². The van der Waals surface area contributed by atoms with Gasteiger partial charge in [-0.05, 0) is 13.3 Å². The third-order valence-corrected chi connectivity index (χ3v) is 3.06. The number of hydrogen-bond donors (Lipinski definition) is 1. The van der Waals surface area contributed by atoms with Gasteiger partial charge in [0.1, 0.15) is 11.4 Å². The molecule has 86 valence electrons. The molecule has 0 atom stereocenters. The van der Waals surface area contributed by atoms with Crippen molar-refractivity contribution in [2.24, 2.45) is 0 Å². The van der Waals surface area contributed by atoms with Gasteiger partial charge in [0.2, 0.25) is 0 Å². The Kier molecular flexibility index (Phi) is 3.51. The van der Waals surface area contributed by atoms with Crippen LogP contribution in [0.3, 0.4) is 0 Å². The first-order chi connectivity index (χ1) is 7.79. The molecule has 2 rings (SSSR count). The van der Waals surface area contributed by atoms with E-state index in [1.165, 1.54) is 0 Å². The molecule has 0 aliphatic rings. The predicted octanol–water partition coefficient (Wildman–Crippen LogP) is 2.40. The molecule has 0 saturated heterocycles. The van der Waals surface area contributed by atoms with Crippen LogP contribution >= 0.6 is 11.3 Å². The van der Waals surface area contributed by atoms with Gasteiger partial charge in [0.15, 0.2) is 5.13 Å². The van der Waals surface area contributed by atoms with Crippen LogP contribution in [-0.2, 0) is 13.0 Å². The molecule has 6 heteroatoms. The molecule has 0 radical (unpaired) electrons. The topological polar surface area (TPSA) is 63.8 Å². The van der Waals surface area contributed by atoms with Crippen LogP contribution in [0.5, 0.6) is 0 Å². The van der Waals surface area contributed by atoms with E-state index in [-0.39, 0.29) is 0 Å². The Balaban J connectivity index is 1.92. The van der Waals surface area contributed by atoms with Gasteiger partial charge in [-0.25, -0.2) is 9.61 Å². The second kappa shape index (κ2) is 5.07. The van der Waals surface area contributed by atoms with Crippen molar-refractivity contribution in [3.63, 3.8) is 0 Å². The molecule has 16 heavy (non-hydrogen) atoms. The zero-order chi connectivity index (χ0) is 11.4. The number of aromatic nitrogens is 3. The van der Waals surface area contributed by atoms with Crippen molar-refractivity contribution in [2.75, 3.05) is 5.32 Å². The first-order valence-electron chi connectivity index (χ1n) is 5.26. The van der Waals surface area contributed by atoms with Gasteiger partial charge in [0, 0.05) is 5.38 Å². The van der Waals surface area contributed by atoms with E-state index in [0.717, 1.165) is 35.1 Å². The Hall–Kier alpha value is -1.43. The molecular weight excluding hydrogens is 224 g/mol. The lowest BCUT2D eigenvalue weighted by molar-refractivity contribution is 0.301. The van der Waals surface area contributed by atoms with Crippen molar-refractivity contribution in [2.45, 2.75) is 33.2 Å². The Morgan fingerprint density at radius 2 is 2.31 bits per heavy atom. The second-order valence-corrected chi connectivity index (χ2v) is 4.40. The van der Waals surface area contributed by atoms with Gasteiger partial charge in [0.25, 0.3) is 0 Å². The van der Waals surface area contributed by atoms with Crippen molar-refractivity contribution in [3.05, 3.63) is 22.5 Å². The number of rotatable bonds is 5. The highest BCUT2D eigenvalue weighted by atomic mass is 32.1. The SMILES string of the molecule is CCCc1csc(NCc2nonc2C)n1. The molecule has 0 unspecified atom stereocenters. The van der Waals surface area contributed by atoms with Crippen molar-refractivity contribution >= 4 is 16.5 Å². The lowest BCUT2D eigenvalue weighted by Crippen LogP contribution is -2.01. The van der Waals surface area contributed by atoms with Gasteiger partial charge in [-0.1, -0.05) is 23.7 Å². The average molecular weight is 238 g/mol. The van der Waals surface area contributed by atoms with E-state index in [1.807, 2.05) is 6.92 Å². The molecule has 0 aromatic carbocycles. The number of nitrogens with one attached hydrogen (secondary N) is 1. The summed E-state index contributed by atoms with van der Waals surface area (Å²) in [6.07, 6.45) is 2.15. The quantitative estimate of drug-likeness (QED) is 0.866. The zero-order valence-corrected chi connectivity index (χ0v) is 10.2. The fourth-order valence-electron chi connectivity index (χ4n) is 1.33. The summed E-state index contributed by atoms with van der Waals surface area (Å²) in [5, 5.41) is 13.7. The van der Waals surface area contributed by atoms with Crippen LogP contribution in [0.15, 0.2) is 10.0 Å². The van der Waals surface area contributed by atoms with Gasteiger partial charge in [-0.15, -0.1) is 11.3 Å². The summed E-state index contributed by atoms with van der Waals surface area (Å²) in [5.74, 6) is 0. The first-order valence-corrected chi connectivity index (χ1v) is 6.14. The second-order valence-electron chi connectivity index (χ2n) is 3.54. The molecule has 0 fully saturated rings. The summed E-state index contributed by atoms with van der Waals surface area (Å²) < 4.78 is 4.62. The maximum atomic E-state index is 4.62. The summed E-state index contributed by atoms with van der Waals surface area (Å²) in [5.41, 5.74) is 2.79. The molecule has 5 nitrogen and oxygen atoms in total. The molecule has 0 aliphatic carbocycles. The zero-order valence-electron chi connectivity index (χ0n) is 9.36. The third kappa shape index (κ3) is 2.57. The van der Waals surface area contributed by atoms with E-state index in [1.54, 1.807) is 11.3 Å². The largest absolute Gasteiger partial charge is 0.356 e. The van der Waals surface area contributed by atoms with E-state index in [9.17, 15) is 0 Å². The number of thiazole rings is 1. The molecule has 0 saturated carbocycles. The highest BCUT2D eigenvalue weighted by Crippen LogP contribution is 2.17. The standard InChI is InChI=1S/C10H14N4OS/c1-3-4-8-6-16-10(12-8)11-5-9-7(2)13-15-14-9/h6H,3-5H2,1-2H3,(H,11,12). The first kappa shape index (κ1) is 11.1. The maximum Gasteiger partial charge on any atom is 0.183 e. The highest BCUT2D eigenvalue weighted by molar-refractivity contribution is 7.13. The summed E-state index contributed by atoms with van der Waals surface area (Å²) >= 11 is 1.62. The van der Waals surface area contributed by atoms with Gasteiger partial charge in [0.05, 0.1) is 12.2 Å². The molecule has 2 aromatic rings. The Bertz CT molecular complexity index is 451. The summed E-state index contributed by atoms with van der Waals surface area (Å²) in [7, 11) is 0. The molecule has 0 bridgehead atoms. The van der Waals surface area contributed by atoms with Crippen molar-refractivity contribution < 1.29 is 4.63 Å².